The highest BCUT2D eigenvalue weighted by molar-refractivity contribution is 6.04. The molecular weight excluding hydrogens is 456 g/mol. The maximum Gasteiger partial charge on any atom is 0.408 e. The molecule has 0 spiro atoms. The summed E-state index contributed by atoms with van der Waals surface area (Å²) in [5.74, 6) is -3.78. The molecule has 1 rings (SSSR count). The Kier molecular flexibility index (Phi) is 10.7. The lowest BCUT2D eigenvalue weighted by Gasteiger charge is -2.26. The molecule has 0 fully saturated rings. The summed E-state index contributed by atoms with van der Waals surface area (Å²) in [5, 5.41) is 16.7. The Morgan fingerprint density at radius 2 is 1.60 bits per heavy atom. The van der Waals surface area contributed by atoms with E-state index in [1.165, 1.54) is 19.1 Å². The van der Waals surface area contributed by atoms with Crippen molar-refractivity contribution in [1.82, 2.24) is 16.0 Å². The summed E-state index contributed by atoms with van der Waals surface area (Å²) in [6, 6.07) is 2.52. The molecular formula is C24H36N4O7. The molecule has 6 N–H and O–H groups in total. The fourth-order valence-corrected chi connectivity index (χ4v) is 3.04. The molecule has 1 aromatic carbocycles. The number of hydrogen-bond acceptors (Lipinski definition) is 7. The zero-order valence-corrected chi connectivity index (χ0v) is 21.0. The van der Waals surface area contributed by atoms with Crippen LogP contribution in [0.1, 0.15) is 64.7 Å². The highest BCUT2D eigenvalue weighted by Gasteiger charge is 2.32. The molecule has 0 saturated heterocycles. The number of aliphatic carboxylic acids is 1. The molecule has 4 atom stereocenters. The summed E-state index contributed by atoms with van der Waals surface area (Å²) in [6.45, 7) is 9.80. The molecule has 0 saturated carbocycles. The van der Waals surface area contributed by atoms with E-state index in [1.807, 2.05) is 0 Å². The monoisotopic (exact) mass is 492 g/mol. The van der Waals surface area contributed by atoms with Gasteiger partial charge < -0.3 is 31.5 Å². The SMILES string of the molecule is CC[C@H](C)[C@H](NC(=O)[C@H](CC(=O)c1ccccc1N)NC(=O)[C@H](C)NC(=O)OC(C)(C)C)C(=O)O. The van der Waals surface area contributed by atoms with E-state index in [0.717, 1.165) is 0 Å². The minimum absolute atomic E-state index is 0.163. The van der Waals surface area contributed by atoms with E-state index in [4.69, 9.17) is 10.5 Å². The summed E-state index contributed by atoms with van der Waals surface area (Å²) in [5.41, 5.74) is 5.44. The number of carbonyl (C=O) groups excluding carboxylic acids is 4. The first kappa shape index (κ1) is 29.4. The number of benzene rings is 1. The maximum absolute atomic E-state index is 13.0. The van der Waals surface area contributed by atoms with Gasteiger partial charge in [-0.25, -0.2) is 9.59 Å². The minimum atomic E-state index is -1.41. The van der Waals surface area contributed by atoms with Gasteiger partial charge in [0, 0.05) is 17.7 Å². The van der Waals surface area contributed by atoms with Gasteiger partial charge in [-0.1, -0.05) is 32.4 Å². The smallest absolute Gasteiger partial charge is 0.408 e. The number of para-hydroxylation sites is 1. The van der Waals surface area contributed by atoms with Crippen molar-refractivity contribution in [3.05, 3.63) is 29.8 Å². The molecule has 11 heteroatoms. The van der Waals surface area contributed by atoms with Crippen molar-refractivity contribution < 1.29 is 33.8 Å². The van der Waals surface area contributed by atoms with Crippen LogP contribution in [0.3, 0.4) is 0 Å². The number of rotatable bonds is 11. The second-order valence-corrected chi connectivity index (χ2v) is 9.35. The van der Waals surface area contributed by atoms with Crippen LogP contribution in [-0.2, 0) is 19.1 Å². The zero-order valence-electron chi connectivity index (χ0n) is 21.0. The van der Waals surface area contributed by atoms with Gasteiger partial charge in [0.05, 0.1) is 0 Å². The van der Waals surface area contributed by atoms with E-state index >= 15 is 0 Å². The van der Waals surface area contributed by atoms with E-state index in [9.17, 15) is 29.1 Å². The number of nitrogens with one attached hydrogen (secondary N) is 3. The average molecular weight is 493 g/mol. The fourth-order valence-electron chi connectivity index (χ4n) is 3.04. The predicted molar refractivity (Wildman–Crippen MR) is 130 cm³/mol. The Morgan fingerprint density at radius 1 is 1.00 bits per heavy atom. The number of anilines is 1. The van der Waals surface area contributed by atoms with Crippen LogP contribution in [0.25, 0.3) is 0 Å². The van der Waals surface area contributed by atoms with Crippen molar-refractivity contribution in [2.75, 3.05) is 5.73 Å². The Labute approximate surface area is 205 Å². The van der Waals surface area contributed by atoms with Gasteiger partial charge in [-0.15, -0.1) is 0 Å². The van der Waals surface area contributed by atoms with Crippen LogP contribution in [0.2, 0.25) is 0 Å². The van der Waals surface area contributed by atoms with Gasteiger partial charge in [0.25, 0.3) is 0 Å². The zero-order chi connectivity index (χ0) is 26.9. The lowest BCUT2D eigenvalue weighted by atomic mass is 9.97. The number of nitrogens with two attached hydrogens (primary N) is 1. The van der Waals surface area contributed by atoms with E-state index < -0.39 is 65.7 Å². The number of Topliss-reactive ketones (excluding diaryl/α,β-unsaturated/α-hetero) is 1. The highest BCUT2D eigenvalue weighted by atomic mass is 16.6. The first-order chi connectivity index (χ1) is 16.2. The fraction of sp³-hybridized carbons (Fsp3) is 0.542. The normalized spacial score (nSPS) is 14.6. The minimum Gasteiger partial charge on any atom is -0.480 e. The number of ether oxygens (including phenoxy) is 1. The van der Waals surface area contributed by atoms with Crippen molar-refractivity contribution in [1.29, 1.82) is 0 Å². The molecule has 1 aromatic rings. The number of carboxylic acids is 1. The first-order valence-electron chi connectivity index (χ1n) is 11.4. The third-order valence-corrected chi connectivity index (χ3v) is 5.19. The van der Waals surface area contributed by atoms with Crippen LogP contribution in [0.15, 0.2) is 24.3 Å². The summed E-state index contributed by atoms with van der Waals surface area (Å²) >= 11 is 0. The topological polar surface area (TPSA) is 177 Å². The predicted octanol–water partition coefficient (Wildman–Crippen LogP) is 1.86. The van der Waals surface area contributed by atoms with Crippen molar-refractivity contribution in [2.24, 2.45) is 5.92 Å². The van der Waals surface area contributed by atoms with E-state index in [2.05, 4.69) is 16.0 Å². The molecule has 0 aliphatic heterocycles. The number of carbonyl (C=O) groups is 5. The summed E-state index contributed by atoms with van der Waals surface area (Å²) < 4.78 is 5.12. The summed E-state index contributed by atoms with van der Waals surface area (Å²) in [7, 11) is 0. The summed E-state index contributed by atoms with van der Waals surface area (Å²) in [6.07, 6.45) is -0.834. The number of nitrogen functional groups attached to an aromatic ring is 1. The molecule has 0 unspecified atom stereocenters. The van der Waals surface area contributed by atoms with Crippen molar-refractivity contribution >= 4 is 35.3 Å². The van der Waals surface area contributed by atoms with Gasteiger partial charge >= 0.3 is 12.1 Å². The van der Waals surface area contributed by atoms with Crippen molar-refractivity contribution in [2.45, 2.75) is 78.1 Å². The number of ketones is 1. The van der Waals surface area contributed by atoms with Crippen LogP contribution in [0.4, 0.5) is 10.5 Å². The molecule has 0 radical (unpaired) electrons. The first-order valence-corrected chi connectivity index (χ1v) is 11.4. The van der Waals surface area contributed by atoms with Gasteiger partial charge in [0.2, 0.25) is 11.8 Å². The van der Waals surface area contributed by atoms with Crippen LogP contribution in [0, 0.1) is 5.92 Å². The molecule has 0 aliphatic carbocycles. The molecule has 0 aliphatic rings. The third-order valence-electron chi connectivity index (χ3n) is 5.19. The van der Waals surface area contributed by atoms with Crippen LogP contribution in [0.5, 0.6) is 0 Å². The molecule has 0 aromatic heterocycles. The second kappa shape index (κ2) is 12.7. The Morgan fingerprint density at radius 3 is 2.11 bits per heavy atom. The average Bonchev–Trinajstić information content (AvgIpc) is 2.74. The molecule has 0 bridgehead atoms. The van der Waals surface area contributed by atoms with E-state index in [-0.39, 0.29) is 11.3 Å². The molecule has 0 heterocycles. The van der Waals surface area contributed by atoms with Crippen molar-refractivity contribution in [3.63, 3.8) is 0 Å². The lowest BCUT2D eigenvalue weighted by Crippen LogP contribution is -2.56. The maximum atomic E-state index is 13.0. The summed E-state index contributed by atoms with van der Waals surface area (Å²) in [4.78, 5) is 62.3. The van der Waals surface area contributed by atoms with Crippen molar-refractivity contribution in [3.8, 4) is 0 Å². The van der Waals surface area contributed by atoms with Gasteiger partial charge in [0.1, 0.15) is 23.7 Å². The number of hydrogen-bond donors (Lipinski definition) is 5. The van der Waals surface area contributed by atoms with Gasteiger partial charge in [-0.3, -0.25) is 14.4 Å². The van der Waals surface area contributed by atoms with E-state index in [1.54, 1.807) is 46.8 Å². The Bertz CT molecular complexity index is 942. The van der Waals surface area contributed by atoms with Crippen LogP contribution in [-0.4, -0.2) is 58.5 Å². The highest BCUT2D eigenvalue weighted by Crippen LogP contribution is 2.15. The van der Waals surface area contributed by atoms with Gasteiger partial charge in [-0.05, 0) is 45.7 Å². The second-order valence-electron chi connectivity index (χ2n) is 9.35. The van der Waals surface area contributed by atoms with E-state index in [0.29, 0.717) is 6.42 Å². The van der Waals surface area contributed by atoms with Crippen LogP contribution >= 0.6 is 0 Å². The largest absolute Gasteiger partial charge is 0.480 e. The van der Waals surface area contributed by atoms with Gasteiger partial charge in [0.15, 0.2) is 5.78 Å². The van der Waals surface area contributed by atoms with Gasteiger partial charge in [-0.2, -0.15) is 0 Å². The standard InChI is InChI=1S/C24H36N4O7/c1-7-13(2)19(22(32)33)28-21(31)17(12-18(29)15-10-8-9-11-16(15)25)27-20(30)14(3)26-23(34)35-24(4,5)6/h8-11,13-14,17,19H,7,12,25H2,1-6H3,(H,26,34)(H,27,30)(H,28,31)(H,32,33)/t13-,14-,17-,19-/m0/s1. The third kappa shape index (κ3) is 9.63. The lowest BCUT2D eigenvalue weighted by molar-refractivity contribution is -0.143. The number of amides is 3. The molecule has 11 nitrogen and oxygen atoms in total. The van der Waals surface area contributed by atoms with Crippen LogP contribution < -0.4 is 21.7 Å². The number of alkyl carbamates (subject to hydrolysis) is 1. The Hall–Kier alpha value is -3.63. The molecule has 194 valence electrons. The quantitative estimate of drug-likeness (QED) is 0.229. The number of carboxylic acid groups (broad SMARTS) is 1. The molecule has 35 heavy (non-hydrogen) atoms. The Balaban J connectivity index is 3.09. The molecule has 3 amide bonds.